The minimum atomic E-state index is -0.0162. The predicted octanol–water partition coefficient (Wildman–Crippen LogP) is 4.00. The standard InChI is InChI=1S/C12H9N3O/c13-15-14-11-8-10(6-7-12(11)16)9-4-2-1-3-5-9/h1-8,16H. The van der Waals surface area contributed by atoms with Gasteiger partial charge in [0.05, 0.1) is 5.69 Å². The van der Waals surface area contributed by atoms with E-state index in [1.165, 1.54) is 6.07 Å². The molecule has 4 heteroatoms. The summed E-state index contributed by atoms with van der Waals surface area (Å²) in [6.07, 6.45) is 0. The van der Waals surface area contributed by atoms with Gasteiger partial charge in [0.25, 0.3) is 0 Å². The number of hydrogen-bond donors (Lipinski definition) is 1. The lowest BCUT2D eigenvalue weighted by molar-refractivity contribution is 0.477. The molecule has 0 aliphatic rings. The van der Waals surface area contributed by atoms with E-state index in [4.69, 9.17) is 5.53 Å². The van der Waals surface area contributed by atoms with Crippen LogP contribution in [0, 0.1) is 0 Å². The van der Waals surface area contributed by atoms with Gasteiger partial charge in [0.1, 0.15) is 5.75 Å². The molecule has 0 bridgehead atoms. The molecular weight excluding hydrogens is 202 g/mol. The zero-order chi connectivity index (χ0) is 11.4. The Labute approximate surface area is 92.4 Å². The Balaban J connectivity index is 2.52. The van der Waals surface area contributed by atoms with Crippen LogP contribution in [0.25, 0.3) is 21.6 Å². The minimum absolute atomic E-state index is 0.0162. The van der Waals surface area contributed by atoms with Gasteiger partial charge in [0.2, 0.25) is 0 Å². The molecule has 0 atom stereocenters. The van der Waals surface area contributed by atoms with Gasteiger partial charge in [-0.1, -0.05) is 41.5 Å². The third-order valence-electron chi connectivity index (χ3n) is 2.23. The van der Waals surface area contributed by atoms with Crippen molar-refractivity contribution in [3.63, 3.8) is 0 Å². The van der Waals surface area contributed by atoms with Crippen LogP contribution < -0.4 is 0 Å². The average molecular weight is 211 g/mol. The van der Waals surface area contributed by atoms with E-state index in [0.717, 1.165) is 11.1 Å². The van der Waals surface area contributed by atoms with E-state index >= 15 is 0 Å². The van der Waals surface area contributed by atoms with E-state index in [1.54, 1.807) is 12.1 Å². The van der Waals surface area contributed by atoms with Crippen molar-refractivity contribution in [2.24, 2.45) is 5.11 Å². The lowest BCUT2D eigenvalue weighted by Crippen LogP contribution is -1.76. The third-order valence-corrected chi connectivity index (χ3v) is 2.23. The Morgan fingerprint density at radius 3 is 2.44 bits per heavy atom. The first kappa shape index (κ1) is 10.1. The molecule has 0 saturated heterocycles. The summed E-state index contributed by atoms with van der Waals surface area (Å²) >= 11 is 0. The van der Waals surface area contributed by atoms with E-state index in [0.29, 0.717) is 0 Å². The van der Waals surface area contributed by atoms with Crippen LogP contribution in [0.15, 0.2) is 53.6 Å². The predicted molar refractivity (Wildman–Crippen MR) is 62.3 cm³/mol. The van der Waals surface area contributed by atoms with E-state index in [9.17, 15) is 5.11 Å². The molecule has 0 aliphatic heterocycles. The fourth-order valence-electron chi connectivity index (χ4n) is 1.46. The van der Waals surface area contributed by atoms with E-state index in [1.807, 2.05) is 30.3 Å². The van der Waals surface area contributed by atoms with Crippen LogP contribution >= 0.6 is 0 Å². The summed E-state index contributed by atoms with van der Waals surface area (Å²) in [5, 5.41) is 12.9. The second-order valence-electron chi connectivity index (χ2n) is 3.26. The number of aromatic hydroxyl groups is 1. The van der Waals surface area contributed by atoms with Crippen molar-refractivity contribution in [1.82, 2.24) is 0 Å². The molecule has 2 aromatic carbocycles. The summed E-state index contributed by atoms with van der Waals surface area (Å²) in [7, 11) is 0. The smallest absolute Gasteiger partial charge is 0.125 e. The molecule has 0 fully saturated rings. The van der Waals surface area contributed by atoms with Crippen LogP contribution in [0.4, 0.5) is 5.69 Å². The van der Waals surface area contributed by atoms with Crippen molar-refractivity contribution in [2.75, 3.05) is 0 Å². The van der Waals surface area contributed by atoms with Gasteiger partial charge in [-0.25, -0.2) is 0 Å². The molecule has 0 radical (unpaired) electrons. The lowest BCUT2D eigenvalue weighted by Gasteiger charge is -2.03. The quantitative estimate of drug-likeness (QED) is 0.455. The molecule has 0 spiro atoms. The number of rotatable bonds is 2. The molecule has 78 valence electrons. The van der Waals surface area contributed by atoms with Gasteiger partial charge in [0.15, 0.2) is 0 Å². The Bertz CT molecular complexity index is 545. The molecule has 0 saturated carbocycles. The normalized spacial score (nSPS) is 9.50. The number of azide groups is 1. The molecule has 1 N–H and O–H groups in total. The maximum Gasteiger partial charge on any atom is 0.125 e. The maximum absolute atomic E-state index is 9.45. The summed E-state index contributed by atoms with van der Waals surface area (Å²) in [6, 6.07) is 14.6. The molecule has 0 amide bonds. The second kappa shape index (κ2) is 4.38. The first-order chi connectivity index (χ1) is 7.81. The van der Waals surface area contributed by atoms with E-state index in [-0.39, 0.29) is 11.4 Å². The Morgan fingerprint density at radius 2 is 1.75 bits per heavy atom. The van der Waals surface area contributed by atoms with Crippen molar-refractivity contribution in [3.8, 4) is 16.9 Å². The van der Waals surface area contributed by atoms with Gasteiger partial charge >= 0.3 is 0 Å². The van der Waals surface area contributed by atoms with E-state index < -0.39 is 0 Å². The average Bonchev–Trinajstić information content (AvgIpc) is 2.33. The van der Waals surface area contributed by atoms with Crippen LogP contribution in [0.5, 0.6) is 5.75 Å². The Kier molecular flexibility index (Phi) is 2.76. The zero-order valence-corrected chi connectivity index (χ0v) is 8.41. The summed E-state index contributed by atoms with van der Waals surface area (Å²) in [5.74, 6) is -0.0162. The molecule has 0 aliphatic carbocycles. The lowest BCUT2D eigenvalue weighted by atomic mass is 10.1. The van der Waals surface area contributed by atoms with Crippen molar-refractivity contribution in [2.45, 2.75) is 0 Å². The maximum atomic E-state index is 9.45. The molecular formula is C12H9N3O. The van der Waals surface area contributed by atoms with Crippen LogP contribution in [0.3, 0.4) is 0 Å². The number of hydrogen-bond acceptors (Lipinski definition) is 2. The van der Waals surface area contributed by atoms with Gasteiger partial charge in [-0.2, -0.15) is 0 Å². The van der Waals surface area contributed by atoms with Crippen molar-refractivity contribution < 1.29 is 5.11 Å². The first-order valence-corrected chi connectivity index (χ1v) is 4.75. The first-order valence-electron chi connectivity index (χ1n) is 4.75. The van der Waals surface area contributed by atoms with Gasteiger partial charge < -0.3 is 5.11 Å². The van der Waals surface area contributed by atoms with Gasteiger partial charge in [-0.15, -0.1) is 0 Å². The molecule has 2 rings (SSSR count). The molecule has 4 nitrogen and oxygen atoms in total. The number of phenols is 1. The number of nitrogens with zero attached hydrogens (tertiary/aromatic N) is 3. The van der Waals surface area contributed by atoms with Crippen LogP contribution in [-0.2, 0) is 0 Å². The Hall–Kier alpha value is -2.45. The molecule has 0 heterocycles. The summed E-state index contributed by atoms with van der Waals surface area (Å²) in [5.41, 5.74) is 10.5. The van der Waals surface area contributed by atoms with Gasteiger partial charge in [0, 0.05) is 4.91 Å². The summed E-state index contributed by atoms with van der Waals surface area (Å²) in [4.78, 5) is 2.67. The van der Waals surface area contributed by atoms with Gasteiger partial charge in [-0.05, 0) is 28.8 Å². The van der Waals surface area contributed by atoms with Crippen LogP contribution in [-0.4, -0.2) is 5.11 Å². The highest BCUT2D eigenvalue weighted by Gasteiger charge is 2.02. The fourth-order valence-corrected chi connectivity index (χ4v) is 1.46. The van der Waals surface area contributed by atoms with Gasteiger partial charge in [-0.3, -0.25) is 0 Å². The second-order valence-corrected chi connectivity index (χ2v) is 3.26. The molecule has 0 unspecified atom stereocenters. The molecule has 0 aromatic heterocycles. The third kappa shape index (κ3) is 1.97. The van der Waals surface area contributed by atoms with Crippen LogP contribution in [0.2, 0.25) is 0 Å². The van der Waals surface area contributed by atoms with E-state index in [2.05, 4.69) is 10.0 Å². The Morgan fingerprint density at radius 1 is 1.00 bits per heavy atom. The van der Waals surface area contributed by atoms with Crippen molar-refractivity contribution in [1.29, 1.82) is 0 Å². The highest BCUT2D eigenvalue weighted by molar-refractivity contribution is 5.69. The molecule has 16 heavy (non-hydrogen) atoms. The topological polar surface area (TPSA) is 69.0 Å². The van der Waals surface area contributed by atoms with Crippen LogP contribution in [0.1, 0.15) is 0 Å². The monoisotopic (exact) mass is 211 g/mol. The SMILES string of the molecule is [N-]=[N+]=Nc1cc(-c2ccccc2)ccc1O. The zero-order valence-electron chi connectivity index (χ0n) is 8.41. The number of benzene rings is 2. The summed E-state index contributed by atoms with van der Waals surface area (Å²) in [6.45, 7) is 0. The fraction of sp³-hybridized carbons (Fsp3) is 0. The summed E-state index contributed by atoms with van der Waals surface area (Å²) < 4.78 is 0. The molecule has 2 aromatic rings. The minimum Gasteiger partial charge on any atom is -0.507 e. The highest BCUT2D eigenvalue weighted by atomic mass is 16.3. The number of phenolic OH excluding ortho intramolecular Hbond substituents is 1. The van der Waals surface area contributed by atoms with Crippen molar-refractivity contribution in [3.05, 3.63) is 59.0 Å². The van der Waals surface area contributed by atoms with Crippen molar-refractivity contribution >= 4 is 5.69 Å². The highest BCUT2D eigenvalue weighted by Crippen LogP contribution is 2.31. The largest absolute Gasteiger partial charge is 0.507 e.